The summed E-state index contributed by atoms with van der Waals surface area (Å²) in [6, 6.07) is 7.98. The van der Waals surface area contributed by atoms with Crippen LogP contribution in [0.5, 0.6) is 0 Å². The fourth-order valence-electron chi connectivity index (χ4n) is 4.26. The molecule has 4 nitrogen and oxygen atoms in total. The SMILES string of the molecule is CCCCCC(O)c1ccc(C2[C@@H](C/C=C\CCCC(=O)O)C(Cl)C[C@H]2O)cc1. The van der Waals surface area contributed by atoms with Crippen LogP contribution >= 0.6 is 11.6 Å². The molecule has 3 unspecified atom stereocenters. The summed E-state index contributed by atoms with van der Waals surface area (Å²) in [5.74, 6) is -0.646. The van der Waals surface area contributed by atoms with Gasteiger partial charge in [-0.25, -0.2) is 0 Å². The first-order chi connectivity index (χ1) is 13.9. The van der Waals surface area contributed by atoms with Crippen molar-refractivity contribution >= 4 is 17.6 Å². The van der Waals surface area contributed by atoms with Crippen LogP contribution in [0, 0.1) is 5.92 Å². The molecule has 1 saturated carbocycles. The van der Waals surface area contributed by atoms with Gasteiger partial charge in [-0.1, -0.05) is 62.6 Å². The van der Waals surface area contributed by atoms with Crippen molar-refractivity contribution in [2.45, 2.75) is 88.2 Å². The van der Waals surface area contributed by atoms with Crippen LogP contribution in [0.15, 0.2) is 36.4 Å². The molecule has 1 aromatic rings. The monoisotopic (exact) mass is 422 g/mol. The van der Waals surface area contributed by atoms with Crippen molar-refractivity contribution in [1.82, 2.24) is 0 Å². The summed E-state index contributed by atoms with van der Waals surface area (Å²) in [5.41, 5.74) is 1.99. The summed E-state index contributed by atoms with van der Waals surface area (Å²) >= 11 is 6.54. The molecule has 162 valence electrons. The van der Waals surface area contributed by atoms with Gasteiger partial charge in [0.05, 0.1) is 12.2 Å². The number of unbranched alkanes of at least 4 members (excludes halogenated alkanes) is 3. The first kappa shape index (κ1) is 23.9. The van der Waals surface area contributed by atoms with E-state index in [1.807, 2.05) is 30.3 Å². The molecule has 2 rings (SSSR count). The highest BCUT2D eigenvalue weighted by atomic mass is 35.5. The fraction of sp³-hybridized carbons (Fsp3) is 0.625. The summed E-state index contributed by atoms with van der Waals surface area (Å²) in [4.78, 5) is 10.6. The lowest BCUT2D eigenvalue weighted by atomic mass is 9.84. The number of carbonyl (C=O) groups is 1. The van der Waals surface area contributed by atoms with Crippen LogP contribution in [0.4, 0.5) is 0 Å². The van der Waals surface area contributed by atoms with Crippen LogP contribution in [0.3, 0.4) is 0 Å². The van der Waals surface area contributed by atoms with Crippen LogP contribution in [0.25, 0.3) is 0 Å². The molecule has 0 aromatic heterocycles. The highest BCUT2D eigenvalue weighted by Crippen LogP contribution is 2.45. The Morgan fingerprint density at radius 1 is 1.21 bits per heavy atom. The lowest BCUT2D eigenvalue weighted by Crippen LogP contribution is -2.18. The first-order valence-electron chi connectivity index (χ1n) is 10.9. The van der Waals surface area contributed by atoms with Crippen LogP contribution < -0.4 is 0 Å². The van der Waals surface area contributed by atoms with Crippen molar-refractivity contribution in [3.8, 4) is 0 Å². The predicted octanol–water partition coefficient (Wildman–Crippen LogP) is 5.57. The Morgan fingerprint density at radius 2 is 1.93 bits per heavy atom. The highest BCUT2D eigenvalue weighted by molar-refractivity contribution is 6.21. The van der Waals surface area contributed by atoms with E-state index in [2.05, 4.69) is 13.0 Å². The van der Waals surface area contributed by atoms with E-state index < -0.39 is 18.2 Å². The Morgan fingerprint density at radius 3 is 2.59 bits per heavy atom. The van der Waals surface area contributed by atoms with Gasteiger partial charge < -0.3 is 15.3 Å². The van der Waals surface area contributed by atoms with E-state index >= 15 is 0 Å². The second-order valence-corrected chi connectivity index (χ2v) is 8.74. The van der Waals surface area contributed by atoms with Gasteiger partial charge in [-0.05, 0) is 49.1 Å². The van der Waals surface area contributed by atoms with E-state index in [4.69, 9.17) is 16.7 Å². The molecule has 3 N–H and O–H groups in total. The average molecular weight is 423 g/mol. The Labute approximate surface area is 179 Å². The van der Waals surface area contributed by atoms with Crippen LogP contribution in [0.1, 0.15) is 87.9 Å². The normalized spacial score (nSPS) is 25.5. The van der Waals surface area contributed by atoms with Gasteiger partial charge in [0, 0.05) is 17.7 Å². The number of halogens is 1. The topological polar surface area (TPSA) is 77.8 Å². The van der Waals surface area contributed by atoms with Gasteiger partial charge in [0.2, 0.25) is 0 Å². The van der Waals surface area contributed by atoms with E-state index in [0.29, 0.717) is 12.8 Å². The molecule has 0 spiro atoms. The molecule has 5 heteroatoms. The second-order valence-electron chi connectivity index (χ2n) is 8.18. The van der Waals surface area contributed by atoms with Crippen molar-refractivity contribution in [3.63, 3.8) is 0 Å². The van der Waals surface area contributed by atoms with E-state index in [9.17, 15) is 15.0 Å². The molecule has 1 aliphatic carbocycles. The summed E-state index contributed by atoms with van der Waals surface area (Å²) in [6.45, 7) is 2.15. The Balaban J connectivity index is 1.96. The molecule has 5 atom stereocenters. The van der Waals surface area contributed by atoms with E-state index in [-0.39, 0.29) is 23.6 Å². The van der Waals surface area contributed by atoms with Gasteiger partial charge in [-0.2, -0.15) is 0 Å². The first-order valence-corrected chi connectivity index (χ1v) is 11.3. The predicted molar refractivity (Wildman–Crippen MR) is 117 cm³/mol. The van der Waals surface area contributed by atoms with Gasteiger partial charge in [0.25, 0.3) is 0 Å². The maximum absolute atomic E-state index is 10.6. The quantitative estimate of drug-likeness (QED) is 0.233. The number of carboxylic acids is 1. The zero-order valence-corrected chi connectivity index (χ0v) is 18.1. The Hall–Kier alpha value is -1.36. The van der Waals surface area contributed by atoms with E-state index in [0.717, 1.165) is 49.7 Å². The Kier molecular flexibility index (Phi) is 10.2. The lowest BCUT2D eigenvalue weighted by molar-refractivity contribution is -0.137. The van der Waals surface area contributed by atoms with Gasteiger partial charge >= 0.3 is 5.97 Å². The molecule has 0 radical (unpaired) electrons. The van der Waals surface area contributed by atoms with E-state index in [1.165, 1.54) is 0 Å². The fourth-order valence-corrected chi connectivity index (χ4v) is 4.71. The number of hydrogen-bond donors (Lipinski definition) is 3. The number of aliphatic hydroxyl groups excluding tert-OH is 2. The van der Waals surface area contributed by atoms with Crippen LogP contribution in [-0.2, 0) is 4.79 Å². The number of allylic oxidation sites excluding steroid dienone is 2. The molecule has 0 aliphatic heterocycles. The number of alkyl halides is 1. The van der Waals surface area contributed by atoms with Crippen molar-refractivity contribution in [2.75, 3.05) is 0 Å². The lowest BCUT2D eigenvalue weighted by Gasteiger charge is -2.23. The van der Waals surface area contributed by atoms with Crippen molar-refractivity contribution < 1.29 is 20.1 Å². The van der Waals surface area contributed by atoms with Gasteiger partial charge in [-0.3, -0.25) is 4.79 Å². The molecule has 29 heavy (non-hydrogen) atoms. The molecule has 0 bridgehead atoms. The van der Waals surface area contributed by atoms with Crippen molar-refractivity contribution in [1.29, 1.82) is 0 Å². The molecule has 0 heterocycles. The summed E-state index contributed by atoms with van der Waals surface area (Å²) in [7, 11) is 0. The molecule has 0 saturated heterocycles. The van der Waals surface area contributed by atoms with Crippen molar-refractivity contribution in [3.05, 3.63) is 47.5 Å². The Bertz CT molecular complexity index is 643. The largest absolute Gasteiger partial charge is 0.481 e. The molecule has 1 aliphatic rings. The van der Waals surface area contributed by atoms with Crippen LogP contribution in [0.2, 0.25) is 0 Å². The molecule has 1 aromatic carbocycles. The molecule has 1 fully saturated rings. The maximum atomic E-state index is 10.6. The minimum atomic E-state index is -0.767. The molecular formula is C24H35ClO4. The summed E-state index contributed by atoms with van der Waals surface area (Å²) in [5, 5.41) is 29.5. The number of rotatable bonds is 12. The molecule has 0 amide bonds. The average Bonchev–Trinajstić information content (AvgIpc) is 2.97. The van der Waals surface area contributed by atoms with Gasteiger partial charge in [0.1, 0.15) is 0 Å². The smallest absolute Gasteiger partial charge is 0.303 e. The maximum Gasteiger partial charge on any atom is 0.303 e. The van der Waals surface area contributed by atoms with Crippen LogP contribution in [-0.4, -0.2) is 32.8 Å². The second kappa shape index (κ2) is 12.4. The third kappa shape index (κ3) is 7.44. The zero-order valence-electron chi connectivity index (χ0n) is 17.3. The van der Waals surface area contributed by atoms with E-state index in [1.54, 1.807) is 0 Å². The zero-order chi connectivity index (χ0) is 21.2. The molecular weight excluding hydrogens is 388 g/mol. The standard InChI is InChI=1S/C24H35ClO4/c1-2-3-6-10-21(26)17-12-14-18(15-13-17)24-19(20(25)16-22(24)27)9-7-4-5-8-11-23(28)29/h4,7,12-15,19-22,24,26-27H,2-3,5-6,8-11,16H2,1H3,(H,28,29)/b7-4-/t19-,20?,21?,22+,24?/m0/s1. The minimum Gasteiger partial charge on any atom is -0.481 e. The summed E-state index contributed by atoms with van der Waals surface area (Å²) < 4.78 is 0. The minimum absolute atomic E-state index is 0.0209. The third-order valence-electron chi connectivity index (χ3n) is 5.93. The number of aliphatic hydroxyl groups is 2. The summed E-state index contributed by atoms with van der Waals surface area (Å²) in [6.07, 6.45) is 10.2. The van der Waals surface area contributed by atoms with Gasteiger partial charge in [0.15, 0.2) is 0 Å². The number of benzene rings is 1. The highest BCUT2D eigenvalue weighted by Gasteiger charge is 2.41. The number of hydrogen-bond acceptors (Lipinski definition) is 3. The number of carboxylic acid groups (broad SMARTS) is 1. The van der Waals surface area contributed by atoms with Crippen molar-refractivity contribution in [2.24, 2.45) is 5.92 Å². The third-order valence-corrected chi connectivity index (χ3v) is 6.43. The van der Waals surface area contributed by atoms with Gasteiger partial charge in [-0.15, -0.1) is 11.6 Å². The number of aliphatic carboxylic acids is 1.